The molecule has 1 aliphatic heterocycles. The van der Waals surface area contributed by atoms with Crippen LogP contribution in [-0.2, 0) is 17.6 Å². The maximum absolute atomic E-state index is 14.1. The number of fused-ring (bicyclic) bond motifs is 2. The number of hydrogen-bond donors (Lipinski definition) is 2. The summed E-state index contributed by atoms with van der Waals surface area (Å²) in [5, 5.41) is 10.7. The molecule has 1 amide bonds. The van der Waals surface area contributed by atoms with Gasteiger partial charge in [0.2, 0.25) is 0 Å². The number of hydrogen-bond acceptors (Lipinski definition) is 5. The minimum absolute atomic E-state index is 0.0585. The van der Waals surface area contributed by atoms with Gasteiger partial charge in [-0.25, -0.2) is 4.68 Å². The quantitative estimate of drug-likeness (QED) is 0.335. The number of halogens is 3. The number of amides is 1. The SMILES string of the molecule is C=C(OCC)c1c(NC(=O)c2cnn3c2NC(c2ccc(C)cc2)CC3C(F)(F)F)sc2c1CCCC2. The normalized spacial score (nSPS) is 18.9. The summed E-state index contributed by atoms with van der Waals surface area (Å²) in [4.78, 5) is 14.7. The Bertz CT molecular complexity index is 1330. The molecule has 0 saturated heterocycles. The van der Waals surface area contributed by atoms with Crippen molar-refractivity contribution in [2.45, 2.75) is 64.2 Å². The van der Waals surface area contributed by atoms with E-state index in [1.807, 2.05) is 38.1 Å². The van der Waals surface area contributed by atoms with Crippen molar-refractivity contribution in [3.05, 3.63) is 69.7 Å². The predicted octanol–water partition coefficient (Wildman–Crippen LogP) is 7.05. The largest absolute Gasteiger partial charge is 0.494 e. The van der Waals surface area contributed by atoms with Crippen molar-refractivity contribution >= 4 is 33.8 Å². The molecule has 1 aliphatic carbocycles. The first-order chi connectivity index (χ1) is 17.7. The fraction of sp³-hybridized carbons (Fsp3) is 0.407. The molecule has 0 saturated carbocycles. The van der Waals surface area contributed by atoms with Gasteiger partial charge in [0.15, 0.2) is 6.04 Å². The Morgan fingerprint density at radius 3 is 2.70 bits per heavy atom. The van der Waals surface area contributed by atoms with Gasteiger partial charge >= 0.3 is 6.18 Å². The first kappa shape index (κ1) is 25.4. The maximum atomic E-state index is 14.1. The molecule has 3 aromatic rings. The number of ether oxygens (including phenoxy) is 1. The number of thiophene rings is 1. The van der Waals surface area contributed by atoms with E-state index in [9.17, 15) is 18.0 Å². The molecule has 0 spiro atoms. The van der Waals surface area contributed by atoms with E-state index in [2.05, 4.69) is 22.3 Å². The second-order valence-corrected chi connectivity index (χ2v) is 10.6. The summed E-state index contributed by atoms with van der Waals surface area (Å²) in [7, 11) is 0. The van der Waals surface area contributed by atoms with Crippen LogP contribution in [-0.4, -0.2) is 28.5 Å². The molecule has 37 heavy (non-hydrogen) atoms. The molecule has 2 N–H and O–H groups in total. The average Bonchev–Trinajstić information content (AvgIpc) is 3.44. The third-order valence-electron chi connectivity index (χ3n) is 6.96. The van der Waals surface area contributed by atoms with Crippen molar-refractivity contribution in [1.82, 2.24) is 9.78 Å². The highest BCUT2D eigenvalue weighted by molar-refractivity contribution is 7.16. The lowest BCUT2D eigenvalue weighted by Crippen LogP contribution is -2.36. The van der Waals surface area contributed by atoms with Crippen LogP contribution in [0.15, 0.2) is 37.0 Å². The van der Waals surface area contributed by atoms with E-state index in [-0.39, 0.29) is 17.8 Å². The molecule has 10 heteroatoms. The van der Waals surface area contributed by atoms with Gasteiger partial charge in [-0.15, -0.1) is 11.3 Å². The maximum Gasteiger partial charge on any atom is 0.410 e. The zero-order chi connectivity index (χ0) is 26.3. The molecule has 2 aromatic heterocycles. The van der Waals surface area contributed by atoms with Gasteiger partial charge in [0, 0.05) is 11.3 Å². The lowest BCUT2D eigenvalue weighted by Gasteiger charge is -2.34. The Balaban J connectivity index is 1.49. The summed E-state index contributed by atoms with van der Waals surface area (Å²) in [6.45, 7) is 8.29. The van der Waals surface area contributed by atoms with Gasteiger partial charge in [-0.3, -0.25) is 4.79 Å². The summed E-state index contributed by atoms with van der Waals surface area (Å²) >= 11 is 1.48. The van der Waals surface area contributed by atoms with Gasteiger partial charge in [0.25, 0.3) is 5.91 Å². The van der Waals surface area contributed by atoms with Crippen molar-refractivity contribution in [3.63, 3.8) is 0 Å². The molecule has 3 heterocycles. The lowest BCUT2D eigenvalue weighted by atomic mass is 9.95. The number of rotatable bonds is 6. The third kappa shape index (κ3) is 4.86. The molecular formula is C27H29F3N4O2S. The first-order valence-electron chi connectivity index (χ1n) is 12.4. The van der Waals surface area contributed by atoms with Crippen molar-refractivity contribution in [3.8, 4) is 0 Å². The van der Waals surface area contributed by atoms with Gasteiger partial charge in [0.1, 0.15) is 22.1 Å². The molecule has 5 rings (SSSR count). The Morgan fingerprint density at radius 2 is 2.00 bits per heavy atom. The van der Waals surface area contributed by atoms with Gasteiger partial charge in [0.05, 0.1) is 24.4 Å². The highest BCUT2D eigenvalue weighted by Gasteiger charge is 2.47. The summed E-state index contributed by atoms with van der Waals surface area (Å²) in [6.07, 6.45) is 0.370. The zero-order valence-corrected chi connectivity index (χ0v) is 21.6. The third-order valence-corrected chi connectivity index (χ3v) is 8.17. The Morgan fingerprint density at radius 1 is 1.27 bits per heavy atom. The van der Waals surface area contributed by atoms with Crippen LogP contribution in [0.3, 0.4) is 0 Å². The second kappa shape index (κ2) is 9.89. The molecule has 2 unspecified atom stereocenters. The lowest BCUT2D eigenvalue weighted by molar-refractivity contribution is -0.173. The molecule has 2 aliphatic rings. The van der Waals surface area contributed by atoms with Gasteiger partial charge < -0.3 is 15.4 Å². The standard InChI is InChI=1S/C27H29F3N4O2S/c1-4-36-16(3)23-18-7-5-6-8-21(18)37-26(23)33-25(35)19-14-31-34-22(27(28,29)30)13-20(32-24(19)34)17-11-9-15(2)10-12-17/h9-12,14,20,22,32H,3-8,13H2,1-2H3,(H,33,35). The van der Waals surface area contributed by atoms with E-state index in [1.54, 1.807) is 0 Å². The van der Waals surface area contributed by atoms with Crippen LogP contribution in [0.25, 0.3) is 5.76 Å². The van der Waals surface area contributed by atoms with Crippen molar-refractivity contribution in [2.75, 3.05) is 17.2 Å². The number of anilines is 2. The van der Waals surface area contributed by atoms with Crippen molar-refractivity contribution < 1.29 is 22.7 Å². The molecule has 1 aromatic carbocycles. The molecule has 6 nitrogen and oxygen atoms in total. The minimum Gasteiger partial charge on any atom is -0.494 e. The van der Waals surface area contributed by atoms with Crippen molar-refractivity contribution in [2.24, 2.45) is 0 Å². The van der Waals surface area contributed by atoms with E-state index in [0.29, 0.717) is 17.4 Å². The number of aromatic nitrogens is 2. The van der Waals surface area contributed by atoms with Crippen LogP contribution in [0, 0.1) is 6.92 Å². The number of nitrogens with zero attached hydrogens (tertiary/aromatic N) is 2. The summed E-state index contributed by atoms with van der Waals surface area (Å²) in [6, 6.07) is 4.89. The van der Waals surface area contributed by atoms with E-state index in [1.165, 1.54) is 22.4 Å². The monoisotopic (exact) mass is 530 g/mol. The number of benzene rings is 1. The molecule has 2 atom stereocenters. The smallest absolute Gasteiger partial charge is 0.410 e. The summed E-state index contributed by atoms with van der Waals surface area (Å²) in [5.41, 5.74) is 3.72. The van der Waals surface area contributed by atoms with Gasteiger partial charge in [-0.2, -0.15) is 18.3 Å². The van der Waals surface area contributed by atoms with Gasteiger partial charge in [-0.05, 0) is 50.7 Å². The topological polar surface area (TPSA) is 68.2 Å². The number of aryl methyl sites for hydroxylation is 2. The number of nitrogens with one attached hydrogen (secondary N) is 2. The summed E-state index contributed by atoms with van der Waals surface area (Å²) in [5.74, 6) is 0.0236. The predicted molar refractivity (Wildman–Crippen MR) is 139 cm³/mol. The number of carbonyl (C=O) groups excluding carboxylic acids is 1. The summed E-state index contributed by atoms with van der Waals surface area (Å²) < 4.78 is 48.8. The van der Waals surface area contributed by atoms with Crippen LogP contribution in [0.5, 0.6) is 0 Å². The minimum atomic E-state index is -4.52. The average molecular weight is 531 g/mol. The number of carbonyl (C=O) groups is 1. The van der Waals surface area contributed by atoms with Crippen LogP contribution in [0.4, 0.5) is 24.0 Å². The zero-order valence-electron chi connectivity index (χ0n) is 20.7. The fourth-order valence-corrected chi connectivity index (χ4v) is 6.41. The Hall–Kier alpha value is -3.27. The molecule has 0 radical (unpaired) electrons. The fourth-order valence-electron chi connectivity index (χ4n) is 5.11. The van der Waals surface area contributed by atoms with Crippen LogP contribution in [0.1, 0.15) is 75.8 Å². The highest BCUT2D eigenvalue weighted by atomic mass is 32.1. The van der Waals surface area contributed by atoms with Crippen LogP contribution >= 0.6 is 11.3 Å². The molecule has 196 valence electrons. The van der Waals surface area contributed by atoms with Crippen molar-refractivity contribution in [1.29, 1.82) is 0 Å². The Kier molecular flexibility index (Phi) is 6.78. The van der Waals surface area contributed by atoms with E-state index in [0.717, 1.165) is 52.6 Å². The Labute approximate surface area is 217 Å². The molecule has 0 fully saturated rings. The second-order valence-electron chi connectivity index (χ2n) is 9.48. The molecule has 0 bridgehead atoms. The van der Waals surface area contributed by atoms with Crippen LogP contribution < -0.4 is 10.6 Å². The highest BCUT2D eigenvalue weighted by Crippen LogP contribution is 2.45. The van der Waals surface area contributed by atoms with E-state index >= 15 is 0 Å². The van der Waals surface area contributed by atoms with Gasteiger partial charge in [-0.1, -0.05) is 36.4 Å². The number of alkyl halides is 3. The van der Waals surface area contributed by atoms with E-state index < -0.39 is 24.2 Å². The van der Waals surface area contributed by atoms with E-state index in [4.69, 9.17) is 4.74 Å². The first-order valence-corrected chi connectivity index (χ1v) is 13.2. The molecular weight excluding hydrogens is 501 g/mol. The van der Waals surface area contributed by atoms with Crippen LogP contribution in [0.2, 0.25) is 0 Å².